The highest BCUT2D eigenvalue weighted by Gasteiger charge is 1.73. The lowest BCUT2D eigenvalue weighted by atomic mass is 10.6. The maximum atomic E-state index is 4.55. The van der Waals surface area contributed by atoms with Gasteiger partial charge in [0.1, 0.15) is 12.5 Å². The third kappa shape index (κ3) is 4.05. The van der Waals surface area contributed by atoms with Gasteiger partial charge in [-0.3, -0.25) is 0 Å². The average Bonchev–Trinajstić information content (AvgIpc) is 2.24. The molecule has 0 aliphatic carbocycles. The van der Waals surface area contributed by atoms with Gasteiger partial charge in [-0.25, -0.2) is 11.0 Å². The first-order chi connectivity index (χ1) is 6.00. The van der Waals surface area contributed by atoms with Gasteiger partial charge in [0.25, 0.3) is 0 Å². The largest absolute Gasteiger partial charge is 0.391 e. The summed E-state index contributed by atoms with van der Waals surface area (Å²) in [7, 11) is 0. The van der Waals surface area contributed by atoms with Crippen molar-refractivity contribution in [1.29, 1.82) is 0 Å². The van der Waals surface area contributed by atoms with Crippen LogP contribution >= 0.6 is 0 Å². The van der Waals surface area contributed by atoms with Crippen molar-refractivity contribution in [3.8, 4) is 0 Å². The lowest BCUT2D eigenvalue weighted by molar-refractivity contribution is 0.172. The van der Waals surface area contributed by atoms with E-state index in [4.69, 9.17) is 0 Å². The Kier molecular flexibility index (Phi) is 4.07. The second-order valence-corrected chi connectivity index (χ2v) is 1.85. The van der Waals surface area contributed by atoms with Crippen LogP contribution in [0.5, 0.6) is 0 Å². The Bertz CT molecular complexity index is 171. The monoisotopic (exact) mass is 166 g/mol. The minimum atomic E-state index is 1.57. The maximum absolute atomic E-state index is 4.55. The Morgan fingerprint density at radius 1 is 0.667 bits per heavy atom. The molecule has 0 aromatic carbocycles. The lowest BCUT2D eigenvalue weighted by Gasteiger charge is -1.97. The first kappa shape index (κ1) is 8.26. The maximum Gasteiger partial charge on any atom is 0.119 e. The molecule has 0 unspecified atom stereocenters. The van der Waals surface area contributed by atoms with Crippen LogP contribution in [0.2, 0.25) is 0 Å². The van der Waals surface area contributed by atoms with E-state index in [0.29, 0.717) is 0 Å². The summed E-state index contributed by atoms with van der Waals surface area (Å²) in [6.45, 7) is 0. The SMILES string of the molecule is C1=CNOC=C1.C1=CNOC=C1. The Labute approximate surface area is 70.8 Å². The van der Waals surface area contributed by atoms with Gasteiger partial charge in [-0.15, -0.1) is 0 Å². The average molecular weight is 166 g/mol. The molecule has 2 aliphatic heterocycles. The Hall–Kier alpha value is -1.84. The smallest absolute Gasteiger partial charge is 0.119 e. The quantitative estimate of drug-likeness (QED) is 0.565. The molecule has 0 spiro atoms. The number of allylic oxidation sites excluding steroid dienone is 4. The summed E-state index contributed by atoms with van der Waals surface area (Å²) < 4.78 is 0. The molecule has 0 atom stereocenters. The summed E-state index contributed by atoms with van der Waals surface area (Å²) in [6, 6.07) is 0. The first-order valence-electron chi connectivity index (χ1n) is 3.46. The highest BCUT2D eigenvalue weighted by molar-refractivity contribution is 5.00. The summed E-state index contributed by atoms with van der Waals surface area (Å²) in [5, 5.41) is 0. The Morgan fingerprint density at radius 2 is 1.17 bits per heavy atom. The molecule has 0 aromatic rings. The molecule has 0 bridgehead atoms. The van der Waals surface area contributed by atoms with Gasteiger partial charge in [0.05, 0.1) is 0 Å². The number of hydrogen-bond donors (Lipinski definition) is 2. The van der Waals surface area contributed by atoms with Gasteiger partial charge in [-0.2, -0.15) is 0 Å². The van der Waals surface area contributed by atoms with Crippen LogP contribution in [0.25, 0.3) is 0 Å². The van der Waals surface area contributed by atoms with Gasteiger partial charge in [-0.05, 0) is 24.3 Å². The molecule has 0 saturated carbocycles. The summed E-state index contributed by atoms with van der Waals surface area (Å²) in [4.78, 5) is 9.10. The van der Waals surface area contributed by atoms with Gasteiger partial charge >= 0.3 is 0 Å². The molecular weight excluding hydrogens is 156 g/mol. The Morgan fingerprint density at radius 3 is 1.25 bits per heavy atom. The third-order valence-corrected chi connectivity index (χ3v) is 0.980. The molecule has 0 radical (unpaired) electrons. The van der Waals surface area contributed by atoms with Crippen LogP contribution in [0.4, 0.5) is 0 Å². The van der Waals surface area contributed by atoms with Gasteiger partial charge in [0, 0.05) is 12.4 Å². The van der Waals surface area contributed by atoms with E-state index in [2.05, 4.69) is 20.6 Å². The van der Waals surface area contributed by atoms with E-state index in [1.807, 2.05) is 12.2 Å². The number of rotatable bonds is 0. The zero-order valence-corrected chi connectivity index (χ0v) is 6.44. The zero-order valence-electron chi connectivity index (χ0n) is 6.44. The second-order valence-electron chi connectivity index (χ2n) is 1.85. The van der Waals surface area contributed by atoms with E-state index in [1.165, 1.54) is 0 Å². The van der Waals surface area contributed by atoms with E-state index in [0.717, 1.165) is 0 Å². The fourth-order valence-electron chi connectivity index (χ4n) is 0.516. The first-order valence-corrected chi connectivity index (χ1v) is 3.46. The van der Waals surface area contributed by atoms with Crippen LogP contribution in [-0.4, -0.2) is 0 Å². The van der Waals surface area contributed by atoms with Crippen LogP contribution in [0, 0.1) is 0 Å². The summed E-state index contributed by atoms with van der Waals surface area (Å²) in [5.41, 5.74) is 5.03. The van der Waals surface area contributed by atoms with Gasteiger partial charge < -0.3 is 9.68 Å². The van der Waals surface area contributed by atoms with Crippen molar-refractivity contribution in [2.75, 3.05) is 0 Å². The predicted molar refractivity (Wildman–Crippen MR) is 45.0 cm³/mol. The molecule has 4 nitrogen and oxygen atoms in total. The van der Waals surface area contributed by atoms with E-state index in [9.17, 15) is 0 Å². The molecule has 2 rings (SSSR count). The molecule has 2 aliphatic rings. The van der Waals surface area contributed by atoms with E-state index in [-0.39, 0.29) is 0 Å². The fourth-order valence-corrected chi connectivity index (χ4v) is 0.516. The summed E-state index contributed by atoms with van der Waals surface area (Å²) in [6.07, 6.45) is 13.9. The van der Waals surface area contributed by atoms with Crippen molar-refractivity contribution in [2.24, 2.45) is 0 Å². The molecule has 0 fully saturated rings. The number of nitrogens with one attached hydrogen (secondary N) is 2. The second kappa shape index (κ2) is 5.91. The van der Waals surface area contributed by atoms with Gasteiger partial charge in [0.15, 0.2) is 0 Å². The van der Waals surface area contributed by atoms with Crippen molar-refractivity contribution in [3.63, 3.8) is 0 Å². The van der Waals surface area contributed by atoms with Crippen molar-refractivity contribution in [2.45, 2.75) is 0 Å². The molecule has 0 saturated heterocycles. The van der Waals surface area contributed by atoms with E-state index in [1.54, 1.807) is 37.1 Å². The molecule has 0 amide bonds. The van der Waals surface area contributed by atoms with Crippen molar-refractivity contribution in [3.05, 3.63) is 49.2 Å². The van der Waals surface area contributed by atoms with Gasteiger partial charge in [-0.1, -0.05) is 0 Å². The molecule has 4 heteroatoms. The molecule has 64 valence electrons. The standard InChI is InChI=1S/2C4H5NO/c2*1-2-4-6-5-3-1/h2*1-5H. The normalized spacial score (nSPS) is 16.0. The summed E-state index contributed by atoms with van der Waals surface area (Å²) >= 11 is 0. The zero-order chi connectivity index (χ0) is 8.49. The number of hydrogen-bond acceptors (Lipinski definition) is 4. The van der Waals surface area contributed by atoms with E-state index >= 15 is 0 Å². The van der Waals surface area contributed by atoms with Crippen molar-refractivity contribution < 1.29 is 9.68 Å². The van der Waals surface area contributed by atoms with Gasteiger partial charge in [0.2, 0.25) is 0 Å². The highest BCUT2D eigenvalue weighted by Crippen LogP contribution is 1.81. The third-order valence-electron chi connectivity index (χ3n) is 0.980. The van der Waals surface area contributed by atoms with Crippen molar-refractivity contribution >= 4 is 0 Å². The lowest BCUT2D eigenvalue weighted by Crippen LogP contribution is -2.01. The highest BCUT2D eigenvalue weighted by atomic mass is 16.6. The van der Waals surface area contributed by atoms with Crippen LogP contribution in [-0.2, 0) is 9.68 Å². The topological polar surface area (TPSA) is 42.5 Å². The molecule has 2 heterocycles. The van der Waals surface area contributed by atoms with Crippen LogP contribution in [0.15, 0.2) is 49.2 Å². The van der Waals surface area contributed by atoms with E-state index < -0.39 is 0 Å². The number of hydroxylamine groups is 2. The van der Waals surface area contributed by atoms with Crippen molar-refractivity contribution in [1.82, 2.24) is 11.0 Å². The molecule has 2 N–H and O–H groups in total. The molecule has 12 heavy (non-hydrogen) atoms. The summed E-state index contributed by atoms with van der Waals surface area (Å²) in [5.74, 6) is 0. The molecular formula is C8H10N2O2. The van der Waals surface area contributed by atoms with Crippen LogP contribution in [0.1, 0.15) is 0 Å². The molecule has 0 aromatic heterocycles. The van der Waals surface area contributed by atoms with Crippen LogP contribution in [0.3, 0.4) is 0 Å². The van der Waals surface area contributed by atoms with Crippen LogP contribution < -0.4 is 11.0 Å². The predicted octanol–water partition coefficient (Wildman–Crippen LogP) is 1.10. The minimum Gasteiger partial charge on any atom is -0.391 e. The minimum absolute atomic E-state index is 1.57. The fraction of sp³-hybridized carbons (Fsp3) is 0. The Balaban J connectivity index is 0.000000120.